The van der Waals surface area contributed by atoms with Crippen LogP contribution in [0.4, 0.5) is 5.13 Å². The van der Waals surface area contributed by atoms with Gasteiger partial charge in [0, 0.05) is 17.6 Å². The van der Waals surface area contributed by atoms with Crippen LogP contribution < -0.4 is 11.3 Å². The number of aromatic nitrogens is 1. The number of hydrogen-bond acceptors (Lipinski definition) is 5. The Hall–Kier alpha value is -0.650. The third kappa shape index (κ3) is 3.43. The van der Waals surface area contributed by atoms with E-state index < -0.39 is 0 Å². The van der Waals surface area contributed by atoms with E-state index >= 15 is 0 Å². The topological polar surface area (TPSA) is 54.2 Å². The van der Waals surface area contributed by atoms with Crippen molar-refractivity contribution < 1.29 is 0 Å². The summed E-state index contributed by atoms with van der Waals surface area (Å²) in [7, 11) is 0. The van der Waals surface area contributed by atoms with Gasteiger partial charge in [0.15, 0.2) is 5.13 Å². The molecule has 0 radical (unpaired) electrons. The van der Waals surface area contributed by atoms with Crippen LogP contribution in [-0.4, -0.2) is 23.0 Å². The summed E-state index contributed by atoms with van der Waals surface area (Å²) in [6, 6.07) is 0. The maximum atomic E-state index is 5.35. The molecule has 0 aromatic carbocycles. The van der Waals surface area contributed by atoms with Gasteiger partial charge in [0.05, 0.1) is 0 Å². The van der Waals surface area contributed by atoms with Crippen molar-refractivity contribution in [2.75, 3.05) is 18.5 Å². The molecule has 1 aliphatic heterocycles. The van der Waals surface area contributed by atoms with Gasteiger partial charge in [0.1, 0.15) is 0 Å². The summed E-state index contributed by atoms with van der Waals surface area (Å²) in [4.78, 5) is 8.02. The molecule has 0 aliphatic carbocycles. The first-order valence-electron chi connectivity index (χ1n) is 6.62. The Morgan fingerprint density at radius 3 is 2.61 bits per heavy atom. The molecule has 102 valence electrons. The second kappa shape index (κ2) is 5.55. The molecule has 1 saturated heterocycles. The fourth-order valence-electron chi connectivity index (χ4n) is 2.62. The summed E-state index contributed by atoms with van der Waals surface area (Å²) in [5, 5.41) is 0.801. The van der Waals surface area contributed by atoms with E-state index in [9.17, 15) is 0 Å². The number of piperidine rings is 1. The number of hydrazine groups is 1. The second-order valence-corrected chi connectivity index (χ2v) is 7.31. The van der Waals surface area contributed by atoms with Gasteiger partial charge < -0.3 is 0 Å². The standard InChI is InChI=1S/C13H24N4S/c1-13(2,3)10-4-6-17(7-5-10)9-11-8-15-12(16-14)18-11/h8,10H,4-7,9,14H2,1-3H3,(H,15,16). The van der Waals surface area contributed by atoms with Crippen molar-refractivity contribution in [1.82, 2.24) is 9.88 Å². The van der Waals surface area contributed by atoms with Crippen molar-refractivity contribution in [2.45, 2.75) is 40.2 Å². The van der Waals surface area contributed by atoms with E-state index in [0.29, 0.717) is 5.41 Å². The molecule has 1 fully saturated rings. The van der Waals surface area contributed by atoms with Gasteiger partial charge in [0.2, 0.25) is 0 Å². The fraction of sp³-hybridized carbons (Fsp3) is 0.769. The molecule has 1 aromatic heterocycles. The molecule has 0 bridgehead atoms. The zero-order chi connectivity index (χ0) is 13.2. The van der Waals surface area contributed by atoms with E-state index in [4.69, 9.17) is 5.84 Å². The van der Waals surface area contributed by atoms with E-state index in [0.717, 1.165) is 17.6 Å². The molecule has 0 spiro atoms. The third-order valence-corrected chi connectivity index (χ3v) is 4.78. The predicted octanol–water partition coefficient (Wildman–Crippen LogP) is 2.69. The highest BCUT2D eigenvalue weighted by Gasteiger charge is 2.28. The highest BCUT2D eigenvalue weighted by molar-refractivity contribution is 7.15. The summed E-state index contributed by atoms with van der Waals surface area (Å²) < 4.78 is 0. The first kappa shape index (κ1) is 13.8. The predicted molar refractivity (Wildman–Crippen MR) is 77.4 cm³/mol. The summed E-state index contributed by atoms with van der Waals surface area (Å²) in [6.07, 6.45) is 4.55. The number of likely N-dealkylation sites (tertiary alicyclic amines) is 1. The molecule has 0 unspecified atom stereocenters. The van der Waals surface area contributed by atoms with E-state index in [1.165, 1.54) is 30.8 Å². The van der Waals surface area contributed by atoms with E-state index in [1.54, 1.807) is 11.3 Å². The maximum absolute atomic E-state index is 5.35. The molecular weight excluding hydrogens is 244 g/mol. The van der Waals surface area contributed by atoms with Crippen molar-refractivity contribution in [3.63, 3.8) is 0 Å². The summed E-state index contributed by atoms with van der Waals surface area (Å²) >= 11 is 1.64. The highest BCUT2D eigenvalue weighted by Crippen LogP contribution is 2.34. The number of nitrogen functional groups attached to an aromatic ring is 1. The first-order valence-corrected chi connectivity index (χ1v) is 7.44. The van der Waals surface area contributed by atoms with Gasteiger partial charge in [-0.15, -0.1) is 0 Å². The van der Waals surface area contributed by atoms with E-state index in [1.807, 2.05) is 6.20 Å². The van der Waals surface area contributed by atoms with Gasteiger partial charge in [-0.25, -0.2) is 10.8 Å². The van der Waals surface area contributed by atoms with Gasteiger partial charge in [-0.3, -0.25) is 10.3 Å². The molecule has 5 heteroatoms. The average molecular weight is 268 g/mol. The molecule has 2 heterocycles. The Morgan fingerprint density at radius 2 is 2.11 bits per heavy atom. The molecule has 3 N–H and O–H groups in total. The van der Waals surface area contributed by atoms with Crippen LogP contribution in [0.1, 0.15) is 38.5 Å². The van der Waals surface area contributed by atoms with Crippen molar-refractivity contribution in [3.05, 3.63) is 11.1 Å². The molecule has 0 atom stereocenters. The largest absolute Gasteiger partial charge is 0.300 e. The van der Waals surface area contributed by atoms with Gasteiger partial charge in [0.25, 0.3) is 0 Å². The lowest BCUT2D eigenvalue weighted by molar-refractivity contribution is 0.108. The second-order valence-electron chi connectivity index (χ2n) is 6.19. The number of nitrogens with two attached hydrogens (primary N) is 1. The van der Waals surface area contributed by atoms with Crippen molar-refractivity contribution in [2.24, 2.45) is 17.2 Å². The van der Waals surface area contributed by atoms with Crippen LogP contribution in [0.25, 0.3) is 0 Å². The number of thiazole rings is 1. The lowest BCUT2D eigenvalue weighted by Gasteiger charge is -2.38. The van der Waals surface area contributed by atoms with Crippen LogP contribution in [0.3, 0.4) is 0 Å². The summed E-state index contributed by atoms with van der Waals surface area (Å²) in [6.45, 7) is 10.5. The molecule has 1 aliphatic rings. The number of hydrogen-bond donors (Lipinski definition) is 2. The molecule has 1 aromatic rings. The molecule has 0 saturated carbocycles. The van der Waals surface area contributed by atoms with Crippen LogP contribution in [0.2, 0.25) is 0 Å². The molecular formula is C13H24N4S. The number of nitrogens with one attached hydrogen (secondary N) is 1. The molecule has 4 nitrogen and oxygen atoms in total. The highest BCUT2D eigenvalue weighted by atomic mass is 32.1. The van der Waals surface area contributed by atoms with Crippen LogP contribution in [0.15, 0.2) is 6.20 Å². The number of anilines is 1. The van der Waals surface area contributed by atoms with Crippen molar-refractivity contribution in [3.8, 4) is 0 Å². The maximum Gasteiger partial charge on any atom is 0.197 e. The Morgan fingerprint density at radius 1 is 1.44 bits per heavy atom. The number of rotatable bonds is 3. The lowest BCUT2D eigenvalue weighted by atomic mass is 9.75. The van der Waals surface area contributed by atoms with Gasteiger partial charge in [-0.2, -0.15) is 0 Å². The summed E-state index contributed by atoms with van der Waals surface area (Å²) in [5.74, 6) is 6.20. The van der Waals surface area contributed by atoms with E-state index in [2.05, 4.69) is 36.1 Å². The third-order valence-electron chi connectivity index (χ3n) is 3.87. The van der Waals surface area contributed by atoms with E-state index in [-0.39, 0.29) is 0 Å². The quantitative estimate of drug-likeness (QED) is 0.654. The first-order chi connectivity index (χ1) is 8.49. The van der Waals surface area contributed by atoms with Crippen LogP contribution in [0, 0.1) is 11.3 Å². The van der Waals surface area contributed by atoms with Crippen LogP contribution in [0.5, 0.6) is 0 Å². The zero-order valence-corrected chi connectivity index (χ0v) is 12.4. The minimum Gasteiger partial charge on any atom is -0.300 e. The normalized spacial score (nSPS) is 19.1. The van der Waals surface area contributed by atoms with Crippen molar-refractivity contribution >= 4 is 16.5 Å². The van der Waals surface area contributed by atoms with Crippen molar-refractivity contribution in [1.29, 1.82) is 0 Å². The van der Waals surface area contributed by atoms with Gasteiger partial charge in [-0.05, 0) is 37.3 Å². The Bertz CT molecular complexity index is 375. The minimum atomic E-state index is 0.452. The van der Waals surface area contributed by atoms with Gasteiger partial charge >= 0.3 is 0 Å². The SMILES string of the molecule is CC(C)(C)C1CCN(Cc2cnc(NN)s2)CC1. The zero-order valence-electron chi connectivity index (χ0n) is 11.6. The fourth-order valence-corrected chi connectivity index (χ4v) is 3.39. The Kier molecular flexibility index (Phi) is 4.25. The minimum absolute atomic E-state index is 0.452. The molecule has 18 heavy (non-hydrogen) atoms. The van der Waals surface area contributed by atoms with Crippen LogP contribution >= 0.6 is 11.3 Å². The Labute approximate surface area is 114 Å². The van der Waals surface area contributed by atoms with Crippen LogP contribution in [-0.2, 0) is 6.54 Å². The average Bonchev–Trinajstić information content (AvgIpc) is 2.76. The monoisotopic (exact) mass is 268 g/mol. The molecule has 2 rings (SSSR count). The lowest BCUT2D eigenvalue weighted by Crippen LogP contribution is -2.37. The Balaban J connectivity index is 1.83. The summed E-state index contributed by atoms with van der Waals surface area (Å²) in [5.41, 5.74) is 3.05. The molecule has 0 amide bonds. The number of nitrogens with zero attached hydrogens (tertiary/aromatic N) is 2. The van der Waals surface area contributed by atoms with Gasteiger partial charge in [-0.1, -0.05) is 32.1 Å². The smallest absolute Gasteiger partial charge is 0.197 e.